The Morgan fingerprint density at radius 3 is 2.54 bits per heavy atom. The first-order chi connectivity index (χ1) is 12.6. The van der Waals surface area contributed by atoms with E-state index in [0.717, 1.165) is 27.6 Å². The van der Waals surface area contributed by atoms with Crippen molar-refractivity contribution in [3.8, 4) is 11.8 Å². The normalized spacial score (nSPS) is 16.0. The second-order valence-electron chi connectivity index (χ2n) is 6.61. The second kappa shape index (κ2) is 6.12. The number of hydrogen-bond acceptors (Lipinski definition) is 4. The smallest absolute Gasteiger partial charge is 0.205 e. The molecule has 4 nitrogen and oxygen atoms in total. The Balaban J connectivity index is 1.99. The number of allylic oxidation sites excluding steroid dienone is 1. The molecule has 0 bridgehead atoms. The molecule has 2 N–H and O–H groups in total. The highest BCUT2D eigenvalue weighted by Crippen LogP contribution is 2.45. The van der Waals surface area contributed by atoms with Crippen LogP contribution in [0, 0.1) is 11.3 Å². The van der Waals surface area contributed by atoms with Crippen LogP contribution in [-0.4, -0.2) is 14.1 Å². The zero-order valence-electron chi connectivity index (χ0n) is 14.7. The number of ether oxygens (including phenoxy) is 1. The van der Waals surface area contributed by atoms with Gasteiger partial charge in [0.25, 0.3) is 0 Å². The number of anilines is 1. The van der Waals surface area contributed by atoms with Crippen LogP contribution in [0.3, 0.4) is 0 Å². The molecule has 3 aromatic rings. The first-order valence-electron chi connectivity index (χ1n) is 8.46. The predicted molar refractivity (Wildman–Crippen MR) is 104 cm³/mol. The van der Waals surface area contributed by atoms with E-state index in [2.05, 4.69) is 30.3 Å². The van der Waals surface area contributed by atoms with E-state index in [9.17, 15) is 5.26 Å². The molecule has 1 aliphatic rings. The van der Waals surface area contributed by atoms with Gasteiger partial charge in [-0.05, 0) is 22.4 Å². The van der Waals surface area contributed by atoms with Crippen molar-refractivity contribution in [2.75, 3.05) is 19.0 Å². The van der Waals surface area contributed by atoms with Crippen LogP contribution >= 0.6 is 0 Å². The second-order valence-corrected chi connectivity index (χ2v) is 6.61. The third-order valence-electron chi connectivity index (χ3n) is 4.85. The summed E-state index contributed by atoms with van der Waals surface area (Å²) in [6.07, 6.45) is 0. The van der Waals surface area contributed by atoms with Gasteiger partial charge in [-0.2, -0.15) is 5.26 Å². The van der Waals surface area contributed by atoms with E-state index in [1.165, 1.54) is 0 Å². The molecule has 0 amide bonds. The molecular weight excluding hydrogens is 322 g/mol. The SMILES string of the molecule is CN(C)c1ccc2c(c1)OC(N)=C(C#N)[C@@H]2c1cccc2ccccc12. The van der Waals surface area contributed by atoms with Crippen molar-refractivity contribution in [1.82, 2.24) is 0 Å². The van der Waals surface area contributed by atoms with Gasteiger partial charge in [0.2, 0.25) is 5.88 Å². The molecule has 0 unspecified atom stereocenters. The van der Waals surface area contributed by atoms with Crippen molar-refractivity contribution >= 4 is 16.5 Å². The summed E-state index contributed by atoms with van der Waals surface area (Å²) in [5.41, 5.74) is 9.61. The Labute approximate surface area is 152 Å². The zero-order valence-corrected chi connectivity index (χ0v) is 14.7. The Kier molecular flexibility index (Phi) is 3.78. The Morgan fingerprint density at radius 1 is 1.00 bits per heavy atom. The van der Waals surface area contributed by atoms with Crippen LogP contribution in [0.2, 0.25) is 0 Å². The van der Waals surface area contributed by atoms with Gasteiger partial charge in [0, 0.05) is 31.4 Å². The molecule has 128 valence electrons. The van der Waals surface area contributed by atoms with Gasteiger partial charge in [0.05, 0.1) is 5.92 Å². The zero-order chi connectivity index (χ0) is 18.3. The van der Waals surface area contributed by atoms with Gasteiger partial charge in [-0.1, -0.05) is 48.5 Å². The number of fused-ring (bicyclic) bond motifs is 2. The van der Waals surface area contributed by atoms with E-state index in [0.29, 0.717) is 11.3 Å². The van der Waals surface area contributed by atoms with Gasteiger partial charge in [-0.25, -0.2) is 0 Å². The maximum absolute atomic E-state index is 9.76. The van der Waals surface area contributed by atoms with E-state index < -0.39 is 0 Å². The van der Waals surface area contributed by atoms with Crippen molar-refractivity contribution in [3.63, 3.8) is 0 Å². The molecule has 1 aliphatic heterocycles. The third kappa shape index (κ3) is 2.46. The fraction of sp³-hybridized carbons (Fsp3) is 0.136. The van der Waals surface area contributed by atoms with Gasteiger partial charge >= 0.3 is 0 Å². The quantitative estimate of drug-likeness (QED) is 0.761. The fourth-order valence-corrected chi connectivity index (χ4v) is 3.54. The lowest BCUT2D eigenvalue weighted by atomic mass is 9.81. The summed E-state index contributed by atoms with van der Waals surface area (Å²) >= 11 is 0. The number of nitrogens with two attached hydrogens (primary N) is 1. The van der Waals surface area contributed by atoms with E-state index in [1.807, 2.05) is 55.4 Å². The van der Waals surface area contributed by atoms with Crippen molar-refractivity contribution in [2.24, 2.45) is 5.73 Å². The molecular formula is C22H19N3O. The van der Waals surface area contributed by atoms with E-state index in [1.54, 1.807) is 0 Å². The minimum Gasteiger partial charge on any atom is -0.440 e. The summed E-state index contributed by atoms with van der Waals surface area (Å²) in [5.74, 6) is 0.630. The molecule has 4 rings (SSSR count). The van der Waals surface area contributed by atoms with Crippen LogP contribution in [-0.2, 0) is 0 Å². The van der Waals surface area contributed by atoms with Crippen molar-refractivity contribution in [2.45, 2.75) is 5.92 Å². The Bertz CT molecular complexity index is 1070. The average Bonchev–Trinajstić information content (AvgIpc) is 2.66. The highest BCUT2D eigenvalue weighted by atomic mass is 16.5. The maximum atomic E-state index is 9.76. The standard InChI is InChI=1S/C22H19N3O/c1-25(2)15-10-11-18-20(12-15)26-22(24)19(13-23)21(18)17-9-5-7-14-6-3-4-8-16(14)17/h3-12,21H,24H2,1-2H3/t21-/m1/s1. The van der Waals surface area contributed by atoms with Crippen LogP contribution in [0.1, 0.15) is 17.0 Å². The topological polar surface area (TPSA) is 62.3 Å². The minimum atomic E-state index is -0.244. The van der Waals surface area contributed by atoms with E-state index in [4.69, 9.17) is 10.5 Å². The van der Waals surface area contributed by atoms with Crippen molar-refractivity contribution in [3.05, 3.63) is 83.2 Å². The van der Waals surface area contributed by atoms with Crippen LogP contribution in [0.5, 0.6) is 5.75 Å². The summed E-state index contributed by atoms with van der Waals surface area (Å²) in [4.78, 5) is 2.01. The molecule has 1 heterocycles. The van der Waals surface area contributed by atoms with Gasteiger partial charge in [0.15, 0.2) is 0 Å². The van der Waals surface area contributed by atoms with Gasteiger partial charge in [0.1, 0.15) is 17.4 Å². The lowest BCUT2D eigenvalue weighted by Gasteiger charge is -2.28. The molecule has 0 spiro atoms. The molecule has 4 heteroatoms. The highest BCUT2D eigenvalue weighted by molar-refractivity contribution is 5.87. The number of nitriles is 1. The molecule has 0 radical (unpaired) electrons. The molecule has 1 atom stereocenters. The molecule has 0 aliphatic carbocycles. The summed E-state index contributed by atoms with van der Waals surface area (Å²) in [5, 5.41) is 12.0. The molecule has 0 saturated heterocycles. The average molecular weight is 341 g/mol. The van der Waals surface area contributed by atoms with Crippen LogP contribution in [0.25, 0.3) is 10.8 Å². The Hall–Kier alpha value is -3.45. The lowest BCUT2D eigenvalue weighted by Crippen LogP contribution is -2.21. The minimum absolute atomic E-state index is 0.175. The summed E-state index contributed by atoms with van der Waals surface area (Å²) < 4.78 is 5.80. The van der Waals surface area contributed by atoms with E-state index in [-0.39, 0.29) is 11.8 Å². The van der Waals surface area contributed by atoms with Gasteiger partial charge in [-0.15, -0.1) is 0 Å². The number of hydrogen-bond donors (Lipinski definition) is 1. The van der Waals surface area contributed by atoms with Crippen LogP contribution in [0.15, 0.2) is 72.1 Å². The van der Waals surface area contributed by atoms with E-state index >= 15 is 0 Å². The van der Waals surface area contributed by atoms with Crippen molar-refractivity contribution in [1.29, 1.82) is 5.26 Å². The van der Waals surface area contributed by atoms with Crippen LogP contribution < -0.4 is 15.4 Å². The summed E-state index contributed by atoms with van der Waals surface area (Å²) in [6, 6.07) is 22.6. The molecule has 3 aromatic carbocycles. The van der Waals surface area contributed by atoms with Gasteiger partial charge < -0.3 is 15.4 Å². The fourth-order valence-electron chi connectivity index (χ4n) is 3.54. The molecule has 26 heavy (non-hydrogen) atoms. The number of benzene rings is 3. The third-order valence-corrected chi connectivity index (χ3v) is 4.85. The lowest BCUT2D eigenvalue weighted by molar-refractivity contribution is 0.394. The summed E-state index contributed by atoms with van der Waals surface area (Å²) in [7, 11) is 3.96. The Morgan fingerprint density at radius 2 is 1.77 bits per heavy atom. The van der Waals surface area contributed by atoms with Gasteiger partial charge in [-0.3, -0.25) is 0 Å². The maximum Gasteiger partial charge on any atom is 0.205 e. The number of nitrogens with zero attached hydrogens (tertiary/aromatic N) is 2. The van der Waals surface area contributed by atoms with Crippen LogP contribution in [0.4, 0.5) is 5.69 Å². The monoisotopic (exact) mass is 341 g/mol. The summed E-state index contributed by atoms with van der Waals surface area (Å²) in [6.45, 7) is 0. The highest BCUT2D eigenvalue weighted by Gasteiger charge is 2.31. The number of rotatable bonds is 2. The van der Waals surface area contributed by atoms with Crippen molar-refractivity contribution < 1.29 is 4.74 Å². The first-order valence-corrected chi connectivity index (χ1v) is 8.46. The molecule has 0 saturated carbocycles. The largest absolute Gasteiger partial charge is 0.440 e. The predicted octanol–water partition coefficient (Wildman–Crippen LogP) is 4.12. The molecule has 0 aromatic heterocycles. The first kappa shape index (κ1) is 16.0. The molecule has 0 fully saturated rings.